The van der Waals surface area contributed by atoms with E-state index in [4.69, 9.17) is 4.74 Å². The molecule has 4 nitrogen and oxygen atoms in total. The highest BCUT2D eigenvalue weighted by molar-refractivity contribution is 7.93. The molecule has 2 bridgehead atoms. The van der Waals surface area contributed by atoms with Crippen LogP contribution in [0.5, 0.6) is 0 Å². The molecular weight excluding hydrogens is 250 g/mol. The van der Waals surface area contributed by atoms with Gasteiger partial charge in [-0.25, -0.2) is 8.42 Å². The monoisotopic (exact) mass is 271 g/mol. The molecule has 1 aliphatic carbocycles. The number of ether oxygens (including phenoxy) is 1. The third-order valence-electron chi connectivity index (χ3n) is 5.56. The van der Waals surface area contributed by atoms with Gasteiger partial charge < -0.3 is 4.74 Å². The van der Waals surface area contributed by atoms with Gasteiger partial charge in [-0.1, -0.05) is 0 Å². The standard InChI is InChI=1S/C13H21NO3S/c15-18(16)10-2-3-11(18)9-13(8-10)14-7-6-12(17-13)4-1-5-12/h10-11,14H,1-9H2. The van der Waals surface area contributed by atoms with Crippen LogP contribution in [-0.2, 0) is 14.6 Å². The van der Waals surface area contributed by atoms with Crippen LogP contribution in [0.4, 0.5) is 0 Å². The summed E-state index contributed by atoms with van der Waals surface area (Å²) in [4.78, 5) is 0. The van der Waals surface area contributed by atoms with Crippen molar-refractivity contribution in [1.29, 1.82) is 0 Å². The number of nitrogens with one attached hydrogen (secondary N) is 1. The molecule has 18 heavy (non-hydrogen) atoms. The first-order chi connectivity index (χ1) is 8.54. The molecule has 2 unspecified atom stereocenters. The zero-order valence-corrected chi connectivity index (χ0v) is 11.5. The topological polar surface area (TPSA) is 55.4 Å². The summed E-state index contributed by atoms with van der Waals surface area (Å²) in [7, 11) is -2.85. The van der Waals surface area contributed by atoms with Crippen molar-refractivity contribution < 1.29 is 13.2 Å². The van der Waals surface area contributed by atoms with Gasteiger partial charge in [-0.3, -0.25) is 5.32 Å². The number of fused-ring (bicyclic) bond motifs is 2. The first-order valence-electron chi connectivity index (χ1n) is 7.22. The Hall–Kier alpha value is -0.130. The van der Waals surface area contributed by atoms with E-state index in [0.29, 0.717) is 12.8 Å². The lowest BCUT2D eigenvalue weighted by atomic mass is 9.75. The van der Waals surface area contributed by atoms with Crippen LogP contribution in [0.25, 0.3) is 0 Å². The van der Waals surface area contributed by atoms with Gasteiger partial charge in [0.1, 0.15) is 5.72 Å². The highest BCUT2D eigenvalue weighted by Gasteiger charge is 2.58. The van der Waals surface area contributed by atoms with Gasteiger partial charge in [-0.05, 0) is 38.5 Å². The Morgan fingerprint density at radius 1 is 1.06 bits per heavy atom. The largest absolute Gasteiger partial charge is 0.354 e. The fourth-order valence-electron chi connectivity index (χ4n) is 4.40. The van der Waals surface area contributed by atoms with Crippen molar-refractivity contribution in [2.24, 2.45) is 0 Å². The van der Waals surface area contributed by atoms with Gasteiger partial charge in [0, 0.05) is 19.4 Å². The maximum Gasteiger partial charge on any atom is 0.156 e. The van der Waals surface area contributed by atoms with Gasteiger partial charge in [-0.2, -0.15) is 0 Å². The Kier molecular flexibility index (Phi) is 2.27. The molecule has 0 aromatic rings. The third-order valence-corrected chi connectivity index (χ3v) is 8.22. The van der Waals surface area contributed by atoms with Gasteiger partial charge >= 0.3 is 0 Å². The predicted octanol–water partition coefficient (Wildman–Crippen LogP) is 1.35. The van der Waals surface area contributed by atoms with Crippen LogP contribution < -0.4 is 5.32 Å². The van der Waals surface area contributed by atoms with E-state index >= 15 is 0 Å². The molecule has 3 heterocycles. The Morgan fingerprint density at radius 2 is 1.72 bits per heavy atom. The average Bonchev–Trinajstić information content (AvgIpc) is 2.50. The van der Waals surface area contributed by atoms with Gasteiger partial charge in [0.2, 0.25) is 0 Å². The van der Waals surface area contributed by atoms with Crippen LogP contribution in [0, 0.1) is 0 Å². The van der Waals surface area contributed by atoms with Crippen LogP contribution in [0.1, 0.15) is 51.4 Å². The van der Waals surface area contributed by atoms with Crippen molar-refractivity contribution in [3.8, 4) is 0 Å². The zero-order chi connectivity index (χ0) is 12.4. The summed E-state index contributed by atoms with van der Waals surface area (Å²) in [5.74, 6) is 0. The molecule has 2 spiro atoms. The Balaban J connectivity index is 1.62. The van der Waals surface area contributed by atoms with E-state index in [9.17, 15) is 8.42 Å². The molecule has 5 heteroatoms. The molecule has 2 atom stereocenters. The minimum Gasteiger partial charge on any atom is -0.354 e. The van der Waals surface area contributed by atoms with Gasteiger partial charge in [-0.15, -0.1) is 0 Å². The van der Waals surface area contributed by atoms with Crippen molar-refractivity contribution in [2.75, 3.05) is 6.54 Å². The summed E-state index contributed by atoms with van der Waals surface area (Å²) in [5, 5.41) is 3.20. The number of rotatable bonds is 0. The number of hydrogen-bond acceptors (Lipinski definition) is 4. The minimum absolute atomic E-state index is 0.0891. The normalized spacial score (nSPS) is 48.2. The van der Waals surface area contributed by atoms with E-state index in [2.05, 4.69) is 5.32 Å². The molecule has 0 amide bonds. The summed E-state index contributed by atoms with van der Waals surface area (Å²) >= 11 is 0. The SMILES string of the molecule is O=S1(=O)C2CCC1CC1(C2)NCCC2(CCC2)O1. The van der Waals surface area contributed by atoms with Crippen LogP contribution in [0.3, 0.4) is 0 Å². The molecule has 3 aliphatic heterocycles. The number of sulfone groups is 1. The molecule has 1 N–H and O–H groups in total. The Bertz CT molecular complexity index is 449. The minimum atomic E-state index is -2.85. The van der Waals surface area contributed by atoms with E-state index in [1.807, 2.05) is 0 Å². The quantitative estimate of drug-likeness (QED) is 0.722. The fraction of sp³-hybridized carbons (Fsp3) is 1.00. The van der Waals surface area contributed by atoms with Crippen LogP contribution in [-0.4, -0.2) is 36.8 Å². The number of hydrogen-bond donors (Lipinski definition) is 1. The molecule has 0 radical (unpaired) electrons. The van der Waals surface area contributed by atoms with Crippen molar-refractivity contribution >= 4 is 9.84 Å². The zero-order valence-electron chi connectivity index (χ0n) is 10.7. The van der Waals surface area contributed by atoms with Crippen LogP contribution in [0.2, 0.25) is 0 Å². The van der Waals surface area contributed by atoms with Crippen molar-refractivity contribution in [3.05, 3.63) is 0 Å². The summed E-state index contributed by atoms with van der Waals surface area (Å²) in [6, 6.07) is 0. The summed E-state index contributed by atoms with van der Waals surface area (Å²) < 4.78 is 30.8. The third kappa shape index (κ3) is 1.47. The van der Waals surface area contributed by atoms with Crippen LogP contribution in [0.15, 0.2) is 0 Å². The predicted molar refractivity (Wildman–Crippen MR) is 68.0 cm³/mol. The lowest BCUT2D eigenvalue weighted by Crippen LogP contribution is -2.65. The lowest BCUT2D eigenvalue weighted by molar-refractivity contribution is -0.236. The lowest BCUT2D eigenvalue weighted by Gasteiger charge is -2.55. The van der Waals surface area contributed by atoms with E-state index in [1.165, 1.54) is 19.3 Å². The van der Waals surface area contributed by atoms with Crippen molar-refractivity contribution in [3.63, 3.8) is 0 Å². The second-order valence-corrected chi connectivity index (χ2v) is 9.14. The molecule has 0 aromatic carbocycles. The highest BCUT2D eigenvalue weighted by atomic mass is 32.2. The summed E-state index contributed by atoms with van der Waals surface area (Å²) in [6.45, 7) is 0.986. The molecule has 4 fully saturated rings. The Morgan fingerprint density at radius 3 is 2.28 bits per heavy atom. The first kappa shape index (κ1) is 11.7. The smallest absolute Gasteiger partial charge is 0.156 e. The fourth-order valence-corrected chi connectivity index (χ4v) is 6.87. The maximum absolute atomic E-state index is 12.2. The van der Waals surface area contributed by atoms with Gasteiger partial charge in [0.05, 0.1) is 16.1 Å². The molecular formula is C13H21NO3S. The average molecular weight is 271 g/mol. The molecule has 102 valence electrons. The van der Waals surface area contributed by atoms with E-state index in [0.717, 1.165) is 25.8 Å². The van der Waals surface area contributed by atoms with Gasteiger partial charge in [0.15, 0.2) is 9.84 Å². The molecule has 0 aromatic heterocycles. The second kappa shape index (κ2) is 3.49. The van der Waals surface area contributed by atoms with Gasteiger partial charge in [0.25, 0.3) is 0 Å². The van der Waals surface area contributed by atoms with Crippen LogP contribution >= 0.6 is 0 Å². The van der Waals surface area contributed by atoms with E-state index < -0.39 is 9.84 Å². The molecule has 4 aliphatic rings. The van der Waals surface area contributed by atoms with Crippen molar-refractivity contribution in [2.45, 2.75) is 73.2 Å². The van der Waals surface area contributed by atoms with Crippen molar-refractivity contribution in [1.82, 2.24) is 5.32 Å². The summed E-state index contributed by atoms with van der Waals surface area (Å²) in [5.41, 5.74) is -0.235. The molecule has 4 rings (SSSR count). The Labute approximate surface area is 108 Å². The molecule has 1 saturated carbocycles. The highest BCUT2D eigenvalue weighted by Crippen LogP contribution is 2.50. The maximum atomic E-state index is 12.2. The second-order valence-electron chi connectivity index (χ2n) is 6.63. The first-order valence-corrected chi connectivity index (χ1v) is 8.83. The molecule has 3 saturated heterocycles. The van der Waals surface area contributed by atoms with E-state index in [1.54, 1.807) is 0 Å². The summed E-state index contributed by atoms with van der Waals surface area (Å²) in [6.07, 6.45) is 7.72. The van der Waals surface area contributed by atoms with E-state index in [-0.39, 0.29) is 21.8 Å².